The van der Waals surface area contributed by atoms with Crippen LogP contribution >= 0.6 is 43.5 Å². The van der Waals surface area contributed by atoms with E-state index in [1.165, 1.54) is 0 Å². The maximum atomic E-state index is 12.4. The number of rotatable bonds is 4. The number of amides is 1. The van der Waals surface area contributed by atoms with Crippen LogP contribution in [0.1, 0.15) is 15.9 Å². The van der Waals surface area contributed by atoms with Gasteiger partial charge < -0.3 is 5.32 Å². The third kappa shape index (κ3) is 3.88. The van der Waals surface area contributed by atoms with Gasteiger partial charge in [-0.25, -0.2) is 0 Å². The minimum absolute atomic E-state index is 0.230. The maximum absolute atomic E-state index is 12.4. The van der Waals surface area contributed by atoms with E-state index in [2.05, 4.69) is 42.3 Å². The van der Waals surface area contributed by atoms with Crippen LogP contribution in [0.4, 0.5) is 5.82 Å². The van der Waals surface area contributed by atoms with E-state index in [0.717, 1.165) is 10.0 Å². The molecular weight excluding hydrogens is 457 g/mol. The summed E-state index contributed by atoms with van der Waals surface area (Å²) >= 11 is 13.0. The fourth-order valence-corrected chi connectivity index (χ4v) is 3.26. The number of aromatic nitrogens is 2. The van der Waals surface area contributed by atoms with Crippen LogP contribution in [0.15, 0.2) is 63.7 Å². The number of carbonyl (C=O) groups excluding carboxylic acids is 1. The third-order valence-electron chi connectivity index (χ3n) is 3.36. The lowest BCUT2D eigenvalue weighted by Gasteiger charge is -2.05. The van der Waals surface area contributed by atoms with Gasteiger partial charge in [0.15, 0.2) is 5.82 Å². The molecule has 3 rings (SSSR count). The van der Waals surface area contributed by atoms with E-state index in [9.17, 15) is 4.79 Å². The first-order chi connectivity index (χ1) is 11.5. The number of halogens is 3. The van der Waals surface area contributed by atoms with Crippen LogP contribution in [0.3, 0.4) is 0 Å². The lowest BCUT2D eigenvalue weighted by atomic mass is 10.2. The van der Waals surface area contributed by atoms with Crippen molar-refractivity contribution in [3.8, 4) is 0 Å². The molecule has 0 aliphatic heterocycles. The molecule has 1 heterocycles. The standard InChI is InChI=1S/C17H12Br2ClN3O/c18-13-7-3-2-6-12(13)17(24)21-16-14(19)10-23(22-16)9-11-5-1-4-8-15(11)20/h1-8,10H,9H2,(H,21,22,24). The molecule has 0 aliphatic carbocycles. The van der Waals surface area contributed by atoms with E-state index < -0.39 is 0 Å². The van der Waals surface area contributed by atoms with Crippen molar-refractivity contribution in [2.45, 2.75) is 6.54 Å². The van der Waals surface area contributed by atoms with Crippen molar-refractivity contribution >= 4 is 55.2 Å². The summed E-state index contributed by atoms with van der Waals surface area (Å²) in [6.07, 6.45) is 1.80. The molecule has 0 spiro atoms. The fraction of sp³-hybridized carbons (Fsp3) is 0.0588. The molecule has 0 saturated carbocycles. The van der Waals surface area contributed by atoms with Crippen LogP contribution in [-0.2, 0) is 6.54 Å². The average Bonchev–Trinajstić information content (AvgIpc) is 2.89. The van der Waals surface area contributed by atoms with Gasteiger partial charge in [-0.15, -0.1) is 0 Å². The van der Waals surface area contributed by atoms with E-state index in [0.29, 0.717) is 27.4 Å². The highest BCUT2D eigenvalue weighted by Crippen LogP contribution is 2.24. The predicted octanol–water partition coefficient (Wildman–Crippen LogP) is 5.36. The summed E-state index contributed by atoms with van der Waals surface area (Å²) in [5.41, 5.74) is 1.50. The van der Waals surface area contributed by atoms with Crippen LogP contribution < -0.4 is 5.32 Å². The Hall–Kier alpha value is -1.63. The average molecular weight is 470 g/mol. The maximum Gasteiger partial charge on any atom is 0.258 e. The molecule has 1 aromatic heterocycles. The number of carbonyl (C=O) groups is 1. The molecule has 0 unspecified atom stereocenters. The lowest BCUT2D eigenvalue weighted by molar-refractivity contribution is 0.102. The number of hydrogen-bond donors (Lipinski definition) is 1. The first-order valence-corrected chi connectivity index (χ1v) is 9.03. The molecule has 0 fully saturated rings. The molecule has 0 atom stereocenters. The second kappa shape index (κ2) is 7.51. The number of anilines is 1. The number of nitrogens with one attached hydrogen (secondary N) is 1. The first kappa shape index (κ1) is 17.2. The van der Waals surface area contributed by atoms with Gasteiger partial charge in [0.25, 0.3) is 5.91 Å². The molecule has 0 aliphatic rings. The summed E-state index contributed by atoms with van der Waals surface area (Å²) in [6, 6.07) is 14.8. The Morgan fingerprint density at radius 2 is 1.79 bits per heavy atom. The zero-order chi connectivity index (χ0) is 17.1. The van der Waals surface area contributed by atoms with Crippen LogP contribution in [0.25, 0.3) is 0 Å². The van der Waals surface area contributed by atoms with Crippen molar-refractivity contribution in [2.75, 3.05) is 5.32 Å². The minimum Gasteiger partial charge on any atom is -0.304 e. The minimum atomic E-state index is -0.230. The highest BCUT2D eigenvalue weighted by Gasteiger charge is 2.14. The second-order valence-corrected chi connectivity index (χ2v) is 7.16. The normalized spacial score (nSPS) is 10.6. The molecule has 0 saturated heterocycles. The van der Waals surface area contributed by atoms with Crippen LogP contribution in [0.5, 0.6) is 0 Å². The summed E-state index contributed by atoms with van der Waals surface area (Å²) in [5.74, 6) is 0.231. The Balaban J connectivity index is 1.78. The van der Waals surface area contributed by atoms with Crippen molar-refractivity contribution in [1.29, 1.82) is 0 Å². The summed E-state index contributed by atoms with van der Waals surface area (Å²) in [5, 5.41) is 7.90. The smallest absolute Gasteiger partial charge is 0.258 e. The van der Waals surface area contributed by atoms with Gasteiger partial charge in [0, 0.05) is 15.7 Å². The fourth-order valence-electron chi connectivity index (χ4n) is 2.18. The molecule has 1 N–H and O–H groups in total. The highest BCUT2D eigenvalue weighted by molar-refractivity contribution is 9.11. The largest absolute Gasteiger partial charge is 0.304 e. The quantitative estimate of drug-likeness (QED) is 0.559. The Labute approximate surface area is 161 Å². The van der Waals surface area contributed by atoms with Gasteiger partial charge in [-0.3, -0.25) is 9.48 Å². The van der Waals surface area contributed by atoms with Gasteiger partial charge >= 0.3 is 0 Å². The van der Waals surface area contributed by atoms with E-state index >= 15 is 0 Å². The molecular formula is C17H12Br2ClN3O. The van der Waals surface area contributed by atoms with Crippen molar-refractivity contribution < 1.29 is 4.79 Å². The SMILES string of the molecule is O=C(Nc1nn(Cc2ccccc2Cl)cc1Br)c1ccccc1Br. The number of hydrogen-bond acceptors (Lipinski definition) is 2. The molecule has 24 heavy (non-hydrogen) atoms. The number of benzene rings is 2. The van der Waals surface area contributed by atoms with Gasteiger partial charge in [-0.05, 0) is 55.6 Å². The van der Waals surface area contributed by atoms with E-state index in [-0.39, 0.29) is 5.91 Å². The van der Waals surface area contributed by atoms with Gasteiger partial charge in [-0.1, -0.05) is 41.9 Å². The Bertz CT molecular complexity index is 895. The Morgan fingerprint density at radius 1 is 1.08 bits per heavy atom. The van der Waals surface area contributed by atoms with Crippen LogP contribution in [0.2, 0.25) is 5.02 Å². The summed E-state index contributed by atoms with van der Waals surface area (Å²) < 4.78 is 3.16. The Morgan fingerprint density at radius 3 is 2.54 bits per heavy atom. The van der Waals surface area contributed by atoms with Gasteiger partial charge in [0.2, 0.25) is 0 Å². The van der Waals surface area contributed by atoms with Gasteiger partial charge in [0.1, 0.15) is 0 Å². The molecule has 3 aromatic rings. The zero-order valence-corrected chi connectivity index (χ0v) is 16.3. The zero-order valence-electron chi connectivity index (χ0n) is 12.3. The molecule has 0 radical (unpaired) electrons. The van der Waals surface area contributed by atoms with E-state index in [1.54, 1.807) is 16.9 Å². The number of nitrogens with zero attached hydrogens (tertiary/aromatic N) is 2. The Kier molecular flexibility index (Phi) is 5.38. The summed E-state index contributed by atoms with van der Waals surface area (Å²) in [6.45, 7) is 0.517. The molecule has 0 bridgehead atoms. The van der Waals surface area contributed by atoms with Crippen molar-refractivity contribution in [2.24, 2.45) is 0 Å². The molecule has 122 valence electrons. The topological polar surface area (TPSA) is 46.9 Å². The van der Waals surface area contributed by atoms with Crippen molar-refractivity contribution in [1.82, 2.24) is 9.78 Å². The van der Waals surface area contributed by atoms with Crippen molar-refractivity contribution in [3.05, 3.63) is 79.8 Å². The molecule has 2 aromatic carbocycles. The van der Waals surface area contributed by atoms with Crippen molar-refractivity contribution in [3.63, 3.8) is 0 Å². The lowest BCUT2D eigenvalue weighted by Crippen LogP contribution is -2.13. The highest BCUT2D eigenvalue weighted by atomic mass is 79.9. The van der Waals surface area contributed by atoms with Gasteiger partial charge in [0.05, 0.1) is 16.6 Å². The first-order valence-electron chi connectivity index (χ1n) is 7.07. The van der Waals surface area contributed by atoms with Crippen LogP contribution in [0, 0.1) is 0 Å². The molecule has 1 amide bonds. The third-order valence-corrected chi connectivity index (χ3v) is 5.00. The van der Waals surface area contributed by atoms with E-state index in [1.807, 2.05) is 42.5 Å². The van der Waals surface area contributed by atoms with Gasteiger partial charge in [-0.2, -0.15) is 5.10 Å². The second-order valence-electron chi connectivity index (χ2n) is 5.05. The summed E-state index contributed by atoms with van der Waals surface area (Å²) in [4.78, 5) is 12.4. The van der Waals surface area contributed by atoms with Crippen LogP contribution in [-0.4, -0.2) is 15.7 Å². The summed E-state index contributed by atoms with van der Waals surface area (Å²) in [7, 11) is 0. The predicted molar refractivity (Wildman–Crippen MR) is 103 cm³/mol. The monoisotopic (exact) mass is 467 g/mol. The molecule has 4 nitrogen and oxygen atoms in total. The van der Waals surface area contributed by atoms with E-state index in [4.69, 9.17) is 11.6 Å². The molecule has 7 heteroatoms.